The fourth-order valence-corrected chi connectivity index (χ4v) is 2.00. The van der Waals surface area contributed by atoms with Gasteiger partial charge in [0.1, 0.15) is 0 Å². The van der Waals surface area contributed by atoms with E-state index in [1.807, 2.05) is 18.7 Å². The van der Waals surface area contributed by atoms with Gasteiger partial charge in [0.15, 0.2) is 0 Å². The fourth-order valence-electron chi connectivity index (χ4n) is 2.00. The lowest BCUT2D eigenvalue weighted by Crippen LogP contribution is -2.42. The molecule has 16 heavy (non-hydrogen) atoms. The Morgan fingerprint density at radius 1 is 1.31 bits per heavy atom. The highest BCUT2D eigenvalue weighted by Crippen LogP contribution is 2.18. The molecule has 1 heterocycles. The van der Waals surface area contributed by atoms with E-state index in [1.165, 1.54) is 6.42 Å². The zero-order chi connectivity index (χ0) is 11.4. The van der Waals surface area contributed by atoms with Crippen LogP contribution in [-0.2, 0) is 4.79 Å². The molecule has 3 unspecified atom stereocenters. The number of halogens is 1. The van der Waals surface area contributed by atoms with Crippen molar-refractivity contribution in [2.45, 2.75) is 46.1 Å². The molecule has 1 amide bonds. The largest absolute Gasteiger partial charge is 0.342 e. The van der Waals surface area contributed by atoms with Crippen LogP contribution in [0.1, 0.15) is 40.0 Å². The van der Waals surface area contributed by atoms with Crippen LogP contribution < -0.4 is 5.73 Å². The molecular weight excluding hydrogens is 224 g/mol. The van der Waals surface area contributed by atoms with E-state index >= 15 is 0 Å². The molecule has 1 fully saturated rings. The van der Waals surface area contributed by atoms with Gasteiger partial charge in [0, 0.05) is 19.1 Å². The second kappa shape index (κ2) is 7.13. The van der Waals surface area contributed by atoms with Crippen LogP contribution in [0, 0.1) is 11.8 Å². The summed E-state index contributed by atoms with van der Waals surface area (Å²) in [6.45, 7) is 7.94. The predicted octanol–water partition coefficient (Wildman–Crippen LogP) is 2.04. The first-order valence-electron chi connectivity index (χ1n) is 6.06. The van der Waals surface area contributed by atoms with E-state index in [0.717, 1.165) is 31.8 Å². The van der Waals surface area contributed by atoms with Gasteiger partial charge in [0.05, 0.1) is 5.92 Å². The number of hydrogen-bond acceptors (Lipinski definition) is 2. The average molecular weight is 249 g/mol. The maximum atomic E-state index is 12.0. The molecule has 0 radical (unpaired) electrons. The summed E-state index contributed by atoms with van der Waals surface area (Å²) >= 11 is 0. The Hall–Kier alpha value is -0.280. The number of nitrogens with zero attached hydrogens (tertiary/aromatic N) is 1. The van der Waals surface area contributed by atoms with Gasteiger partial charge in [-0.1, -0.05) is 13.8 Å². The normalized spacial score (nSPS) is 25.2. The zero-order valence-electron chi connectivity index (χ0n) is 10.6. The highest BCUT2D eigenvalue weighted by atomic mass is 35.5. The Bertz CT molecular complexity index is 221. The Morgan fingerprint density at radius 2 is 1.94 bits per heavy atom. The molecule has 3 nitrogen and oxygen atoms in total. The minimum atomic E-state index is -0.0434. The monoisotopic (exact) mass is 248 g/mol. The van der Waals surface area contributed by atoms with E-state index in [2.05, 4.69) is 6.92 Å². The van der Waals surface area contributed by atoms with Crippen molar-refractivity contribution in [1.29, 1.82) is 0 Å². The number of rotatable bonds is 2. The summed E-state index contributed by atoms with van der Waals surface area (Å²) in [5.74, 6) is 0.950. The summed E-state index contributed by atoms with van der Waals surface area (Å²) < 4.78 is 0. The van der Waals surface area contributed by atoms with Gasteiger partial charge in [-0.25, -0.2) is 0 Å². The van der Waals surface area contributed by atoms with Crippen LogP contribution in [0.5, 0.6) is 0 Å². The molecular formula is C12H25ClN2O. The number of hydrogen-bond donors (Lipinski definition) is 1. The van der Waals surface area contributed by atoms with Crippen LogP contribution in [0.15, 0.2) is 0 Å². The lowest BCUT2D eigenvalue weighted by atomic mass is 10.0. The number of likely N-dealkylation sites (tertiary alicyclic amines) is 1. The van der Waals surface area contributed by atoms with Crippen molar-refractivity contribution >= 4 is 18.3 Å². The molecule has 0 bridgehead atoms. The fraction of sp³-hybridized carbons (Fsp3) is 0.917. The number of carbonyl (C=O) groups is 1. The Balaban J connectivity index is 0.00000225. The maximum absolute atomic E-state index is 12.0. The minimum absolute atomic E-state index is 0. The van der Waals surface area contributed by atoms with Gasteiger partial charge in [-0.2, -0.15) is 0 Å². The van der Waals surface area contributed by atoms with Crippen molar-refractivity contribution in [1.82, 2.24) is 4.90 Å². The summed E-state index contributed by atoms with van der Waals surface area (Å²) in [5, 5.41) is 0. The maximum Gasteiger partial charge on any atom is 0.226 e. The first kappa shape index (κ1) is 15.7. The van der Waals surface area contributed by atoms with Crippen molar-refractivity contribution in [2.75, 3.05) is 13.1 Å². The van der Waals surface area contributed by atoms with E-state index in [0.29, 0.717) is 0 Å². The quantitative estimate of drug-likeness (QED) is 0.813. The summed E-state index contributed by atoms with van der Waals surface area (Å²) in [7, 11) is 0. The second-order valence-electron chi connectivity index (χ2n) is 5.01. The molecule has 4 heteroatoms. The van der Waals surface area contributed by atoms with Crippen molar-refractivity contribution in [3.8, 4) is 0 Å². The van der Waals surface area contributed by atoms with Crippen molar-refractivity contribution in [3.05, 3.63) is 0 Å². The molecule has 1 aliphatic rings. The highest BCUT2D eigenvalue weighted by Gasteiger charge is 2.24. The molecule has 96 valence electrons. The lowest BCUT2D eigenvalue weighted by Gasteiger charge is -2.25. The first-order valence-corrected chi connectivity index (χ1v) is 6.06. The molecule has 0 saturated carbocycles. The molecule has 2 N–H and O–H groups in total. The Labute approximate surface area is 105 Å². The second-order valence-corrected chi connectivity index (χ2v) is 5.01. The van der Waals surface area contributed by atoms with Gasteiger partial charge in [-0.05, 0) is 32.1 Å². The summed E-state index contributed by atoms with van der Waals surface area (Å²) in [6.07, 6.45) is 3.52. The van der Waals surface area contributed by atoms with E-state index in [1.54, 1.807) is 0 Å². The van der Waals surface area contributed by atoms with E-state index < -0.39 is 0 Å². The molecule has 0 aromatic carbocycles. The zero-order valence-corrected chi connectivity index (χ0v) is 11.4. The minimum Gasteiger partial charge on any atom is -0.342 e. The summed E-state index contributed by atoms with van der Waals surface area (Å²) in [6, 6.07) is -0.0434. The smallest absolute Gasteiger partial charge is 0.226 e. The molecule has 0 aromatic rings. The third-order valence-corrected chi connectivity index (χ3v) is 3.51. The van der Waals surface area contributed by atoms with Gasteiger partial charge in [0.25, 0.3) is 0 Å². The Morgan fingerprint density at radius 3 is 2.50 bits per heavy atom. The third-order valence-electron chi connectivity index (χ3n) is 3.51. The topological polar surface area (TPSA) is 46.3 Å². The van der Waals surface area contributed by atoms with Gasteiger partial charge in [-0.15, -0.1) is 12.4 Å². The number of nitrogens with two attached hydrogens (primary N) is 1. The van der Waals surface area contributed by atoms with Gasteiger partial charge < -0.3 is 10.6 Å². The van der Waals surface area contributed by atoms with Gasteiger partial charge in [0.2, 0.25) is 5.91 Å². The van der Waals surface area contributed by atoms with Crippen molar-refractivity contribution in [2.24, 2.45) is 17.6 Å². The van der Waals surface area contributed by atoms with Crippen LogP contribution in [0.2, 0.25) is 0 Å². The summed E-state index contributed by atoms with van der Waals surface area (Å²) in [5.41, 5.74) is 5.76. The number of amides is 1. The SMILES string of the molecule is CC1CCCN(C(=O)C(C)C(C)N)CC1.Cl. The lowest BCUT2D eigenvalue weighted by molar-refractivity contribution is -0.135. The van der Waals surface area contributed by atoms with Crippen LogP contribution in [0.4, 0.5) is 0 Å². The Kier molecular flexibility index (Phi) is 7.00. The van der Waals surface area contributed by atoms with Gasteiger partial charge in [-0.3, -0.25) is 4.79 Å². The van der Waals surface area contributed by atoms with Crippen molar-refractivity contribution < 1.29 is 4.79 Å². The highest BCUT2D eigenvalue weighted by molar-refractivity contribution is 5.85. The van der Waals surface area contributed by atoms with Gasteiger partial charge >= 0.3 is 0 Å². The third kappa shape index (κ3) is 4.30. The molecule has 0 aromatic heterocycles. The van der Waals surface area contributed by atoms with E-state index in [9.17, 15) is 4.79 Å². The van der Waals surface area contributed by atoms with Crippen LogP contribution in [0.25, 0.3) is 0 Å². The number of carbonyl (C=O) groups excluding carboxylic acids is 1. The molecule has 1 saturated heterocycles. The van der Waals surface area contributed by atoms with Crippen LogP contribution in [0.3, 0.4) is 0 Å². The van der Waals surface area contributed by atoms with Crippen LogP contribution >= 0.6 is 12.4 Å². The summed E-state index contributed by atoms with van der Waals surface area (Å²) in [4.78, 5) is 14.0. The molecule has 1 aliphatic heterocycles. The molecule has 0 aliphatic carbocycles. The van der Waals surface area contributed by atoms with E-state index in [4.69, 9.17) is 5.73 Å². The molecule has 0 spiro atoms. The van der Waals surface area contributed by atoms with Crippen molar-refractivity contribution in [3.63, 3.8) is 0 Å². The molecule has 1 rings (SSSR count). The predicted molar refractivity (Wildman–Crippen MR) is 69.7 cm³/mol. The average Bonchev–Trinajstić information content (AvgIpc) is 2.40. The standard InChI is InChI=1S/C12H24N2O.ClH/c1-9-5-4-7-14(8-6-9)12(15)10(2)11(3)13;/h9-11H,4-8,13H2,1-3H3;1H. The van der Waals surface area contributed by atoms with Crippen LogP contribution in [-0.4, -0.2) is 29.9 Å². The first-order chi connectivity index (χ1) is 7.02. The molecule has 3 atom stereocenters. The van der Waals surface area contributed by atoms with E-state index in [-0.39, 0.29) is 30.3 Å².